The standard InChI is InChI=1S/C14H22N4O2/c1-11(2)16-4-6-17(7-5-16)13-8-12(15-3)9-14(10-13)18(19)20/h8-11,15H,4-7H2,1-3H3. The van der Waals surface area contributed by atoms with Crippen molar-refractivity contribution in [1.29, 1.82) is 0 Å². The van der Waals surface area contributed by atoms with E-state index in [1.54, 1.807) is 19.2 Å². The first-order chi connectivity index (χ1) is 9.51. The van der Waals surface area contributed by atoms with Gasteiger partial charge in [-0.2, -0.15) is 0 Å². The van der Waals surface area contributed by atoms with Crippen LogP contribution in [0, 0.1) is 10.1 Å². The zero-order valence-electron chi connectivity index (χ0n) is 12.3. The van der Waals surface area contributed by atoms with E-state index in [0.717, 1.165) is 37.6 Å². The van der Waals surface area contributed by atoms with Gasteiger partial charge in [0.05, 0.1) is 4.92 Å². The Balaban J connectivity index is 2.17. The number of nitro groups is 1. The van der Waals surface area contributed by atoms with Crippen LogP contribution in [0.2, 0.25) is 0 Å². The lowest BCUT2D eigenvalue weighted by molar-refractivity contribution is -0.384. The minimum absolute atomic E-state index is 0.137. The van der Waals surface area contributed by atoms with Crippen molar-refractivity contribution in [3.05, 3.63) is 28.3 Å². The summed E-state index contributed by atoms with van der Waals surface area (Å²) < 4.78 is 0. The van der Waals surface area contributed by atoms with Crippen LogP contribution in [-0.2, 0) is 0 Å². The molecule has 0 unspecified atom stereocenters. The van der Waals surface area contributed by atoms with Gasteiger partial charge in [0.15, 0.2) is 0 Å². The second-order valence-electron chi connectivity index (χ2n) is 5.36. The van der Waals surface area contributed by atoms with Gasteiger partial charge in [-0.25, -0.2) is 0 Å². The Bertz CT molecular complexity index is 482. The third-order valence-corrected chi connectivity index (χ3v) is 3.81. The highest BCUT2D eigenvalue weighted by molar-refractivity contribution is 5.64. The molecule has 0 atom stereocenters. The van der Waals surface area contributed by atoms with Crippen LogP contribution in [-0.4, -0.2) is 49.1 Å². The number of rotatable bonds is 4. The van der Waals surface area contributed by atoms with Gasteiger partial charge in [-0.05, 0) is 19.9 Å². The smallest absolute Gasteiger partial charge is 0.273 e. The van der Waals surface area contributed by atoms with Crippen molar-refractivity contribution in [2.75, 3.05) is 43.4 Å². The van der Waals surface area contributed by atoms with E-state index in [2.05, 4.69) is 29.0 Å². The molecule has 110 valence electrons. The van der Waals surface area contributed by atoms with E-state index in [-0.39, 0.29) is 10.6 Å². The molecule has 0 aliphatic carbocycles. The van der Waals surface area contributed by atoms with Crippen LogP contribution >= 0.6 is 0 Å². The second kappa shape index (κ2) is 6.09. The van der Waals surface area contributed by atoms with Crippen LogP contribution in [0.4, 0.5) is 17.1 Å². The minimum Gasteiger partial charge on any atom is -0.388 e. The molecule has 0 radical (unpaired) electrons. The molecule has 2 rings (SSSR count). The van der Waals surface area contributed by atoms with Crippen molar-refractivity contribution >= 4 is 17.1 Å². The molecule has 1 N–H and O–H groups in total. The number of nitro benzene ring substituents is 1. The molecule has 0 spiro atoms. The van der Waals surface area contributed by atoms with Gasteiger partial charge in [-0.3, -0.25) is 15.0 Å². The number of benzene rings is 1. The van der Waals surface area contributed by atoms with Crippen LogP contribution in [0.3, 0.4) is 0 Å². The summed E-state index contributed by atoms with van der Waals surface area (Å²) in [4.78, 5) is 15.3. The summed E-state index contributed by atoms with van der Waals surface area (Å²) in [5.41, 5.74) is 1.84. The summed E-state index contributed by atoms with van der Waals surface area (Å²) >= 11 is 0. The zero-order chi connectivity index (χ0) is 14.7. The Labute approximate surface area is 119 Å². The number of anilines is 2. The number of nitrogens with one attached hydrogen (secondary N) is 1. The van der Waals surface area contributed by atoms with E-state index >= 15 is 0 Å². The van der Waals surface area contributed by atoms with Crippen molar-refractivity contribution in [3.8, 4) is 0 Å². The fraction of sp³-hybridized carbons (Fsp3) is 0.571. The SMILES string of the molecule is CNc1cc(N2CCN(C(C)C)CC2)cc([N+](=O)[O-])c1. The van der Waals surface area contributed by atoms with Gasteiger partial charge in [0.25, 0.3) is 5.69 Å². The number of non-ortho nitro benzene ring substituents is 1. The molecule has 0 saturated carbocycles. The van der Waals surface area contributed by atoms with E-state index in [1.165, 1.54) is 0 Å². The van der Waals surface area contributed by atoms with Gasteiger partial charge in [-0.1, -0.05) is 0 Å². The number of nitrogens with zero attached hydrogens (tertiary/aromatic N) is 3. The molecular weight excluding hydrogens is 256 g/mol. The molecule has 20 heavy (non-hydrogen) atoms. The largest absolute Gasteiger partial charge is 0.388 e. The molecule has 1 fully saturated rings. The van der Waals surface area contributed by atoms with Crippen LogP contribution in [0.15, 0.2) is 18.2 Å². The molecule has 1 heterocycles. The average Bonchev–Trinajstić information content (AvgIpc) is 2.46. The van der Waals surface area contributed by atoms with E-state index in [4.69, 9.17) is 0 Å². The summed E-state index contributed by atoms with van der Waals surface area (Å²) in [6.45, 7) is 8.19. The Hall–Kier alpha value is -1.82. The van der Waals surface area contributed by atoms with Gasteiger partial charge in [0.1, 0.15) is 0 Å². The lowest BCUT2D eigenvalue weighted by Crippen LogP contribution is -2.48. The van der Waals surface area contributed by atoms with E-state index < -0.39 is 0 Å². The molecule has 6 nitrogen and oxygen atoms in total. The maximum absolute atomic E-state index is 11.0. The normalized spacial score (nSPS) is 16.5. The summed E-state index contributed by atoms with van der Waals surface area (Å²) in [5, 5.41) is 14.0. The third-order valence-electron chi connectivity index (χ3n) is 3.81. The first-order valence-corrected chi connectivity index (χ1v) is 6.97. The number of hydrogen-bond donors (Lipinski definition) is 1. The van der Waals surface area contributed by atoms with Gasteiger partial charge < -0.3 is 10.2 Å². The molecule has 0 bridgehead atoms. The monoisotopic (exact) mass is 278 g/mol. The van der Waals surface area contributed by atoms with Crippen molar-refractivity contribution in [3.63, 3.8) is 0 Å². The number of piperazine rings is 1. The van der Waals surface area contributed by atoms with Crippen molar-refractivity contribution in [2.24, 2.45) is 0 Å². The fourth-order valence-electron chi connectivity index (χ4n) is 2.52. The van der Waals surface area contributed by atoms with Gasteiger partial charge in [0.2, 0.25) is 0 Å². The zero-order valence-corrected chi connectivity index (χ0v) is 12.3. The maximum atomic E-state index is 11.0. The third kappa shape index (κ3) is 3.19. The maximum Gasteiger partial charge on any atom is 0.273 e. The van der Waals surface area contributed by atoms with Crippen LogP contribution in [0.5, 0.6) is 0 Å². The predicted molar refractivity (Wildman–Crippen MR) is 81.6 cm³/mol. The van der Waals surface area contributed by atoms with Crippen LogP contribution in [0.1, 0.15) is 13.8 Å². The van der Waals surface area contributed by atoms with E-state index in [0.29, 0.717) is 6.04 Å². The Morgan fingerprint density at radius 1 is 1.20 bits per heavy atom. The first kappa shape index (κ1) is 14.6. The van der Waals surface area contributed by atoms with Crippen LogP contribution in [0.25, 0.3) is 0 Å². The lowest BCUT2D eigenvalue weighted by Gasteiger charge is -2.38. The first-order valence-electron chi connectivity index (χ1n) is 6.97. The summed E-state index contributed by atoms with van der Waals surface area (Å²) in [6, 6.07) is 5.74. The highest BCUT2D eigenvalue weighted by Crippen LogP contribution is 2.27. The van der Waals surface area contributed by atoms with Crippen LogP contribution < -0.4 is 10.2 Å². The molecular formula is C14H22N4O2. The second-order valence-corrected chi connectivity index (χ2v) is 5.36. The summed E-state index contributed by atoms with van der Waals surface area (Å²) in [6.07, 6.45) is 0. The molecule has 1 aromatic carbocycles. The summed E-state index contributed by atoms with van der Waals surface area (Å²) in [7, 11) is 1.78. The summed E-state index contributed by atoms with van der Waals surface area (Å²) in [5.74, 6) is 0. The molecule has 0 aromatic heterocycles. The van der Waals surface area contributed by atoms with E-state index in [1.807, 2.05) is 6.07 Å². The highest BCUT2D eigenvalue weighted by atomic mass is 16.6. The Morgan fingerprint density at radius 3 is 2.35 bits per heavy atom. The lowest BCUT2D eigenvalue weighted by atomic mass is 10.2. The fourth-order valence-corrected chi connectivity index (χ4v) is 2.52. The quantitative estimate of drug-likeness (QED) is 0.675. The molecule has 1 aliphatic heterocycles. The highest BCUT2D eigenvalue weighted by Gasteiger charge is 2.21. The Morgan fingerprint density at radius 2 is 1.85 bits per heavy atom. The molecule has 1 aromatic rings. The van der Waals surface area contributed by atoms with Gasteiger partial charge >= 0.3 is 0 Å². The van der Waals surface area contributed by atoms with E-state index in [9.17, 15) is 10.1 Å². The van der Waals surface area contributed by atoms with Gasteiger partial charge in [-0.15, -0.1) is 0 Å². The van der Waals surface area contributed by atoms with Crippen molar-refractivity contribution in [1.82, 2.24) is 4.90 Å². The molecule has 6 heteroatoms. The van der Waals surface area contributed by atoms with Crippen molar-refractivity contribution in [2.45, 2.75) is 19.9 Å². The topological polar surface area (TPSA) is 61.6 Å². The molecule has 0 amide bonds. The van der Waals surface area contributed by atoms with Gasteiger partial charge in [0, 0.05) is 62.8 Å². The molecule has 1 aliphatic rings. The number of hydrogen-bond acceptors (Lipinski definition) is 5. The minimum atomic E-state index is -0.339. The predicted octanol–water partition coefficient (Wildman–Crippen LogP) is 2.17. The molecule has 1 saturated heterocycles. The Kier molecular flexibility index (Phi) is 4.44. The van der Waals surface area contributed by atoms with Crippen molar-refractivity contribution < 1.29 is 4.92 Å². The average molecular weight is 278 g/mol.